The second-order valence-electron chi connectivity index (χ2n) is 8.15. The van der Waals surface area contributed by atoms with E-state index in [9.17, 15) is 4.79 Å². The Morgan fingerprint density at radius 3 is 2.68 bits per heavy atom. The number of carbonyl (C=O) groups excluding carboxylic acids is 1. The molecule has 1 saturated carbocycles. The van der Waals surface area contributed by atoms with Gasteiger partial charge in [-0.25, -0.2) is 0 Å². The van der Waals surface area contributed by atoms with Gasteiger partial charge in [-0.3, -0.25) is 4.79 Å². The van der Waals surface area contributed by atoms with Crippen LogP contribution in [0.5, 0.6) is 5.75 Å². The summed E-state index contributed by atoms with van der Waals surface area (Å²) in [5, 5.41) is 3.42. The molecule has 1 aromatic carbocycles. The van der Waals surface area contributed by atoms with Crippen LogP contribution in [-0.4, -0.2) is 44.1 Å². The summed E-state index contributed by atoms with van der Waals surface area (Å²) in [6.07, 6.45) is 6.80. The van der Waals surface area contributed by atoms with E-state index in [1.807, 2.05) is 12.1 Å². The molecule has 2 aliphatic heterocycles. The maximum atomic E-state index is 12.9. The zero-order valence-corrected chi connectivity index (χ0v) is 15.3. The van der Waals surface area contributed by atoms with E-state index in [-0.39, 0.29) is 0 Å². The van der Waals surface area contributed by atoms with Gasteiger partial charge in [-0.15, -0.1) is 0 Å². The molecule has 1 unspecified atom stereocenters. The molecule has 3 fully saturated rings. The van der Waals surface area contributed by atoms with Crippen LogP contribution in [0, 0.1) is 17.3 Å². The number of amides is 1. The fraction of sp³-hybridized carbons (Fsp3) is 0.667. The number of nitrogens with zero attached hydrogens (tertiary/aromatic N) is 1. The van der Waals surface area contributed by atoms with Gasteiger partial charge in [0.2, 0.25) is 5.91 Å². The zero-order valence-electron chi connectivity index (χ0n) is 15.3. The van der Waals surface area contributed by atoms with E-state index in [1.54, 1.807) is 7.11 Å². The van der Waals surface area contributed by atoms with Gasteiger partial charge in [0.1, 0.15) is 5.75 Å². The molecule has 1 atom stereocenters. The molecule has 4 rings (SSSR count). The molecule has 3 aliphatic rings. The molecule has 1 aliphatic carbocycles. The lowest BCUT2D eigenvalue weighted by molar-refractivity contribution is -0.135. The van der Waals surface area contributed by atoms with E-state index < -0.39 is 0 Å². The number of methoxy groups -OCH3 is 1. The van der Waals surface area contributed by atoms with Crippen molar-refractivity contribution in [3.8, 4) is 5.75 Å². The maximum absolute atomic E-state index is 12.9. The first-order chi connectivity index (χ1) is 12.2. The van der Waals surface area contributed by atoms with E-state index in [4.69, 9.17) is 4.74 Å². The number of piperidine rings is 2. The molecule has 0 radical (unpaired) electrons. The summed E-state index contributed by atoms with van der Waals surface area (Å²) >= 11 is 0. The first-order valence-electron chi connectivity index (χ1n) is 9.83. The number of ether oxygens (including phenoxy) is 1. The molecule has 0 aromatic heterocycles. The fourth-order valence-electron chi connectivity index (χ4n) is 4.93. The number of carbonyl (C=O) groups is 1. The summed E-state index contributed by atoms with van der Waals surface area (Å²) in [6, 6.07) is 8.32. The average molecular weight is 342 g/mol. The van der Waals surface area contributed by atoms with Crippen LogP contribution in [-0.2, 0) is 11.2 Å². The van der Waals surface area contributed by atoms with E-state index >= 15 is 0 Å². The van der Waals surface area contributed by atoms with Gasteiger partial charge >= 0.3 is 0 Å². The monoisotopic (exact) mass is 342 g/mol. The lowest BCUT2D eigenvalue weighted by Crippen LogP contribution is -2.41. The van der Waals surface area contributed by atoms with Crippen LogP contribution in [0.4, 0.5) is 0 Å². The van der Waals surface area contributed by atoms with Gasteiger partial charge in [-0.1, -0.05) is 18.2 Å². The molecule has 136 valence electrons. The first-order valence-corrected chi connectivity index (χ1v) is 9.83. The molecule has 4 nitrogen and oxygen atoms in total. The maximum Gasteiger partial charge on any atom is 0.226 e. The Hall–Kier alpha value is -1.55. The Labute approximate surface area is 150 Å². The van der Waals surface area contributed by atoms with Crippen molar-refractivity contribution in [2.45, 2.75) is 38.5 Å². The lowest BCUT2D eigenvalue weighted by atomic mass is 9.88. The van der Waals surface area contributed by atoms with Crippen molar-refractivity contribution in [3.63, 3.8) is 0 Å². The molecule has 4 heteroatoms. The van der Waals surface area contributed by atoms with Crippen molar-refractivity contribution in [2.24, 2.45) is 17.3 Å². The van der Waals surface area contributed by atoms with Gasteiger partial charge in [-0.2, -0.15) is 0 Å². The molecule has 1 amide bonds. The summed E-state index contributed by atoms with van der Waals surface area (Å²) in [4.78, 5) is 15.0. The predicted octanol–water partition coefficient (Wildman–Crippen LogP) is 2.87. The second-order valence-corrected chi connectivity index (χ2v) is 8.15. The summed E-state index contributed by atoms with van der Waals surface area (Å²) in [6.45, 7) is 4.04. The van der Waals surface area contributed by atoms with Crippen molar-refractivity contribution in [1.82, 2.24) is 10.2 Å². The number of benzene rings is 1. The van der Waals surface area contributed by atoms with E-state index in [0.29, 0.717) is 23.2 Å². The van der Waals surface area contributed by atoms with Crippen LogP contribution in [0.15, 0.2) is 24.3 Å². The number of nitrogens with one attached hydrogen (secondary N) is 1. The highest BCUT2D eigenvalue weighted by Gasteiger charge is 2.58. The average Bonchev–Trinajstić information content (AvgIpc) is 3.35. The smallest absolute Gasteiger partial charge is 0.226 e. The van der Waals surface area contributed by atoms with Crippen LogP contribution in [0.1, 0.15) is 37.7 Å². The largest absolute Gasteiger partial charge is 0.496 e. The SMILES string of the molecule is COc1ccccc1CC1CCN(C(=O)C2CC23CCNCC3)CC1. The third-order valence-electron chi connectivity index (χ3n) is 6.71. The van der Waals surface area contributed by atoms with E-state index in [2.05, 4.69) is 22.3 Å². The molecule has 1 spiro atoms. The first kappa shape index (κ1) is 16.9. The van der Waals surface area contributed by atoms with Crippen LogP contribution < -0.4 is 10.1 Å². The molecule has 2 heterocycles. The van der Waals surface area contributed by atoms with Crippen LogP contribution in [0.2, 0.25) is 0 Å². The standard InChI is InChI=1S/C21H30N2O2/c1-25-19-5-3-2-4-17(19)14-16-6-12-23(13-7-16)20(24)18-15-21(18)8-10-22-11-9-21/h2-5,16,18,22H,6-15H2,1H3. The van der Waals surface area contributed by atoms with Gasteiger partial charge in [-0.05, 0) is 74.6 Å². The third-order valence-corrected chi connectivity index (χ3v) is 6.71. The topological polar surface area (TPSA) is 41.6 Å². The molecule has 1 N–H and O–H groups in total. The third kappa shape index (κ3) is 3.41. The highest BCUT2D eigenvalue weighted by Crippen LogP contribution is 2.59. The van der Waals surface area contributed by atoms with Crippen LogP contribution in [0.3, 0.4) is 0 Å². The Kier molecular flexibility index (Phi) is 4.72. The number of likely N-dealkylation sites (tertiary alicyclic amines) is 1. The van der Waals surface area contributed by atoms with Gasteiger partial charge in [0.15, 0.2) is 0 Å². The van der Waals surface area contributed by atoms with Gasteiger partial charge in [0.25, 0.3) is 0 Å². The Bertz CT molecular complexity index is 616. The fourth-order valence-corrected chi connectivity index (χ4v) is 4.93. The number of hydrogen-bond donors (Lipinski definition) is 1. The highest BCUT2D eigenvalue weighted by atomic mass is 16.5. The summed E-state index contributed by atoms with van der Waals surface area (Å²) < 4.78 is 5.48. The second kappa shape index (κ2) is 6.99. The minimum Gasteiger partial charge on any atom is -0.496 e. The number of rotatable bonds is 4. The zero-order chi connectivity index (χ0) is 17.3. The van der Waals surface area contributed by atoms with Crippen molar-refractivity contribution < 1.29 is 9.53 Å². The molecule has 2 saturated heterocycles. The van der Waals surface area contributed by atoms with Crippen molar-refractivity contribution in [1.29, 1.82) is 0 Å². The minimum atomic E-state index is 0.320. The normalized spacial score (nSPS) is 25.8. The highest BCUT2D eigenvalue weighted by molar-refractivity contribution is 5.82. The van der Waals surface area contributed by atoms with Gasteiger partial charge < -0.3 is 15.0 Å². The minimum absolute atomic E-state index is 0.320. The van der Waals surface area contributed by atoms with Crippen molar-refractivity contribution >= 4 is 5.91 Å². The number of para-hydroxylation sites is 1. The van der Waals surface area contributed by atoms with Crippen molar-refractivity contribution in [3.05, 3.63) is 29.8 Å². The van der Waals surface area contributed by atoms with Crippen LogP contribution in [0.25, 0.3) is 0 Å². The van der Waals surface area contributed by atoms with E-state index in [1.165, 1.54) is 18.4 Å². The Morgan fingerprint density at radius 1 is 1.24 bits per heavy atom. The number of hydrogen-bond acceptors (Lipinski definition) is 3. The van der Waals surface area contributed by atoms with E-state index in [0.717, 1.165) is 57.6 Å². The van der Waals surface area contributed by atoms with Gasteiger partial charge in [0, 0.05) is 19.0 Å². The molecular weight excluding hydrogens is 312 g/mol. The molecule has 1 aromatic rings. The van der Waals surface area contributed by atoms with Gasteiger partial charge in [0.05, 0.1) is 7.11 Å². The summed E-state index contributed by atoms with van der Waals surface area (Å²) in [5.74, 6) is 2.41. The van der Waals surface area contributed by atoms with Crippen molar-refractivity contribution in [2.75, 3.05) is 33.3 Å². The molecular formula is C21H30N2O2. The lowest BCUT2D eigenvalue weighted by Gasteiger charge is -2.33. The quantitative estimate of drug-likeness (QED) is 0.915. The Morgan fingerprint density at radius 2 is 1.96 bits per heavy atom. The summed E-state index contributed by atoms with van der Waals surface area (Å²) in [7, 11) is 1.74. The molecule has 25 heavy (non-hydrogen) atoms. The molecule has 0 bridgehead atoms. The predicted molar refractivity (Wildman–Crippen MR) is 98.6 cm³/mol. The van der Waals surface area contributed by atoms with Crippen LogP contribution >= 0.6 is 0 Å². The Balaban J connectivity index is 1.29. The summed E-state index contributed by atoms with van der Waals surface area (Å²) in [5.41, 5.74) is 1.65.